The Hall–Kier alpha value is -1.83. The SMILES string of the molecule is N[C@H]1CCC(=O)N2CC[C@H](OC(=O)O)N2C1=O. The molecule has 0 aliphatic carbocycles. The molecule has 0 aromatic rings. The number of nitrogens with zero attached hydrogens (tertiary/aromatic N) is 2. The molecule has 2 atom stereocenters. The number of fused-ring (bicyclic) bond motifs is 1. The molecule has 0 saturated carbocycles. The molecule has 2 heterocycles. The highest BCUT2D eigenvalue weighted by molar-refractivity contribution is 5.88. The van der Waals surface area contributed by atoms with Gasteiger partial charge in [0.25, 0.3) is 5.91 Å². The van der Waals surface area contributed by atoms with Crippen LogP contribution < -0.4 is 5.73 Å². The molecule has 2 aliphatic rings. The van der Waals surface area contributed by atoms with Gasteiger partial charge >= 0.3 is 6.16 Å². The van der Waals surface area contributed by atoms with Crippen molar-refractivity contribution in [1.29, 1.82) is 0 Å². The maximum Gasteiger partial charge on any atom is 0.507 e. The molecule has 17 heavy (non-hydrogen) atoms. The van der Waals surface area contributed by atoms with Gasteiger partial charge in [-0.05, 0) is 6.42 Å². The largest absolute Gasteiger partial charge is 0.507 e. The van der Waals surface area contributed by atoms with Crippen LogP contribution in [0.25, 0.3) is 0 Å². The van der Waals surface area contributed by atoms with E-state index in [0.29, 0.717) is 0 Å². The molecule has 3 N–H and O–H groups in total. The van der Waals surface area contributed by atoms with E-state index in [2.05, 4.69) is 4.74 Å². The van der Waals surface area contributed by atoms with Crippen LogP contribution in [0, 0.1) is 0 Å². The monoisotopic (exact) mass is 243 g/mol. The number of hydrazine groups is 1. The molecule has 94 valence electrons. The van der Waals surface area contributed by atoms with Crippen molar-refractivity contribution in [3.8, 4) is 0 Å². The van der Waals surface area contributed by atoms with Gasteiger partial charge in [-0.1, -0.05) is 0 Å². The fourth-order valence-corrected chi connectivity index (χ4v) is 2.05. The minimum atomic E-state index is -1.48. The first-order chi connectivity index (χ1) is 8.00. The summed E-state index contributed by atoms with van der Waals surface area (Å²) >= 11 is 0. The van der Waals surface area contributed by atoms with Crippen molar-refractivity contribution in [2.24, 2.45) is 5.73 Å². The van der Waals surface area contributed by atoms with Crippen LogP contribution in [0.4, 0.5) is 4.79 Å². The molecule has 2 amide bonds. The summed E-state index contributed by atoms with van der Waals surface area (Å²) in [7, 11) is 0. The lowest BCUT2D eigenvalue weighted by atomic mass is 10.1. The highest BCUT2D eigenvalue weighted by Gasteiger charge is 2.44. The lowest BCUT2D eigenvalue weighted by Crippen LogP contribution is -2.52. The number of amides is 2. The van der Waals surface area contributed by atoms with Crippen LogP contribution in [0.2, 0.25) is 0 Å². The van der Waals surface area contributed by atoms with E-state index in [0.717, 1.165) is 5.01 Å². The molecular formula is C9H13N3O5. The van der Waals surface area contributed by atoms with Gasteiger partial charge in [-0.15, -0.1) is 0 Å². The van der Waals surface area contributed by atoms with Crippen LogP contribution >= 0.6 is 0 Å². The maximum atomic E-state index is 11.9. The minimum Gasteiger partial charge on any atom is -0.450 e. The number of carbonyl (C=O) groups excluding carboxylic acids is 2. The Morgan fingerprint density at radius 3 is 2.76 bits per heavy atom. The fourth-order valence-electron chi connectivity index (χ4n) is 2.05. The Morgan fingerprint density at radius 1 is 1.41 bits per heavy atom. The quantitative estimate of drug-likeness (QED) is 0.577. The first-order valence-electron chi connectivity index (χ1n) is 5.29. The lowest BCUT2D eigenvalue weighted by Gasteiger charge is -2.29. The first-order valence-corrected chi connectivity index (χ1v) is 5.29. The van der Waals surface area contributed by atoms with E-state index in [1.165, 1.54) is 5.01 Å². The molecule has 2 aliphatic heterocycles. The van der Waals surface area contributed by atoms with E-state index >= 15 is 0 Å². The zero-order valence-electron chi connectivity index (χ0n) is 9.04. The first kappa shape index (κ1) is 11.6. The Balaban J connectivity index is 2.23. The normalized spacial score (nSPS) is 29.0. The van der Waals surface area contributed by atoms with Gasteiger partial charge < -0.3 is 15.6 Å². The highest BCUT2D eigenvalue weighted by Crippen LogP contribution is 2.25. The number of ether oxygens (including phenoxy) is 1. The van der Waals surface area contributed by atoms with E-state index < -0.39 is 24.3 Å². The smallest absolute Gasteiger partial charge is 0.450 e. The van der Waals surface area contributed by atoms with Crippen LogP contribution in [0.15, 0.2) is 0 Å². The second kappa shape index (κ2) is 4.21. The summed E-state index contributed by atoms with van der Waals surface area (Å²) in [6.07, 6.45) is -1.70. The van der Waals surface area contributed by atoms with E-state index in [1.54, 1.807) is 0 Å². The highest BCUT2D eigenvalue weighted by atomic mass is 16.7. The molecule has 0 bridgehead atoms. The number of hydrogen-bond donors (Lipinski definition) is 2. The van der Waals surface area contributed by atoms with E-state index in [-0.39, 0.29) is 31.7 Å². The van der Waals surface area contributed by atoms with Gasteiger partial charge in [0.2, 0.25) is 12.1 Å². The molecule has 0 aromatic heterocycles. The van der Waals surface area contributed by atoms with Gasteiger partial charge in [-0.2, -0.15) is 0 Å². The number of carbonyl (C=O) groups is 3. The summed E-state index contributed by atoms with van der Waals surface area (Å²) < 4.78 is 4.58. The second-order valence-corrected chi connectivity index (χ2v) is 3.97. The Bertz CT molecular complexity index is 372. The number of nitrogens with two attached hydrogens (primary N) is 1. The Labute approximate surface area is 96.9 Å². The third kappa shape index (κ3) is 2.03. The molecule has 2 fully saturated rings. The Kier molecular flexibility index (Phi) is 2.88. The van der Waals surface area contributed by atoms with Gasteiger partial charge in [0.1, 0.15) is 0 Å². The van der Waals surface area contributed by atoms with Crippen molar-refractivity contribution in [3.63, 3.8) is 0 Å². The van der Waals surface area contributed by atoms with Crippen LogP contribution in [-0.4, -0.2) is 51.9 Å². The van der Waals surface area contributed by atoms with E-state index in [9.17, 15) is 14.4 Å². The van der Waals surface area contributed by atoms with Crippen molar-refractivity contribution >= 4 is 18.0 Å². The zero-order valence-corrected chi connectivity index (χ0v) is 9.04. The summed E-state index contributed by atoms with van der Waals surface area (Å²) in [6, 6.07) is -0.790. The molecule has 0 aromatic carbocycles. The summed E-state index contributed by atoms with van der Waals surface area (Å²) in [5.41, 5.74) is 5.62. The van der Waals surface area contributed by atoms with Crippen LogP contribution in [0.3, 0.4) is 0 Å². The second-order valence-electron chi connectivity index (χ2n) is 3.97. The number of hydrogen-bond acceptors (Lipinski definition) is 5. The van der Waals surface area contributed by atoms with E-state index in [4.69, 9.17) is 10.8 Å². The predicted molar refractivity (Wildman–Crippen MR) is 53.3 cm³/mol. The van der Waals surface area contributed by atoms with Crippen LogP contribution in [-0.2, 0) is 14.3 Å². The van der Waals surface area contributed by atoms with Crippen molar-refractivity contribution in [1.82, 2.24) is 10.0 Å². The topological polar surface area (TPSA) is 113 Å². The zero-order chi connectivity index (χ0) is 12.6. The summed E-state index contributed by atoms with van der Waals surface area (Å²) in [4.78, 5) is 34.1. The summed E-state index contributed by atoms with van der Waals surface area (Å²) in [6.45, 7) is 0.273. The van der Waals surface area contributed by atoms with Crippen LogP contribution in [0.1, 0.15) is 19.3 Å². The molecular weight excluding hydrogens is 230 g/mol. The number of rotatable bonds is 1. The standard InChI is InChI=1S/C9H13N3O5/c10-5-1-2-6(13)11-4-3-7(17-9(15)16)12(11)8(5)14/h5,7H,1-4,10H2,(H,15,16)/t5-,7-/m0/s1. The van der Waals surface area contributed by atoms with Gasteiger partial charge in [0.15, 0.2) is 0 Å². The maximum absolute atomic E-state index is 11.9. The molecule has 2 saturated heterocycles. The van der Waals surface area contributed by atoms with Crippen molar-refractivity contribution < 1.29 is 24.2 Å². The summed E-state index contributed by atoms with van der Waals surface area (Å²) in [5.74, 6) is -0.706. The average molecular weight is 243 g/mol. The van der Waals surface area contributed by atoms with Gasteiger partial charge in [-0.25, -0.2) is 14.8 Å². The van der Waals surface area contributed by atoms with Crippen molar-refractivity contribution in [2.75, 3.05) is 6.54 Å². The number of carboxylic acid groups (broad SMARTS) is 1. The molecule has 0 spiro atoms. The van der Waals surface area contributed by atoms with Gasteiger partial charge in [-0.3, -0.25) is 9.59 Å². The lowest BCUT2D eigenvalue weighted by molar-refractivity contribution is -0.170. The fraction of sp³-hybridized carbons (Fsp3) is 0.667. The average Bonchev–Trinajstić information content (AvgIpc) is 2.62. The molecule has 0 radical (unpaired) electrons. The minimum absolute atomic E-state index is 0.184. The van der Waals surface area contributed by atoms with Crippen LogP contribution in [0.5, 0.6) is 0 Å². The molecule has 2 rings (SSSR count). The van der Waals surface area contributed by atoms with Gasteiger partial charge in [0.05, 0.1) is 6.04 Å². The molecule has 0 unspecified atom stereocenters. The molecule has 8 nitrogen and oxygen atoms in total. The summed E-state index contributed by atoms with van der Waals surface area (Å²) in [5, 5.41) is 10.8. The van der Waals surface area contributed by atoms with E-state index in [1.807, 2.05) is 0 Å². The van der Waals surface area contributed by atoms with Gasteiger partial charge in [0, 0.05) is 19.4 Å². The third-order valence-corrected chi connectivity index (χ3v) is 2.86. The molecule has 8 heteroatoms. The third-order valence-electron chi connectivity index (χ3n) is 2.86. The Morgan fingerprint density at radius 2 is 2.12 bits per heavy atom. The predicted octanol–water partition coefficient (Wildman–Crippen LogP) is -0.896. The van der Waals surface area contributed by atoms with Crippen molar-refractivity contribution in [2.45, 2.75) is 31.5 Å². The van der Waals surface area contributed by atoms with Crippen molar-refractivity contribution in [3.05, 3.63) is 0 Å².